The maximum atomic E-state index is 14.9. The Kier molecular flexibility index (Phi) is 8.25. The molecule has 0 aliphatic heterocycles. The van der Waals surface area contributed by atoms with Crippen LogP contribution in [0.1, 0.15) is 31.3 Å². The molecule has 0 saturated carbocycles. The molecule has 0 unspecified atom stereocenters. The maximum absolute atomic E-state index is 14.9. The van der Waals surface area contributed by atoms with E-state index in [1.165, 1.54) is 16.3 Å². The second kappa shape index (κ2) is 12.5. The molecule has 0 fully saturated rings. The average Bonchev–Trinajstić information content (AvgIpc) is 3.07. The first-order valence-electron chi connectivity index (χ1n) is 14.2. The molecule has 0 N–H and O–H groups in total. The van der Waals surface area contributed by atoms with Crippen LogP contribution in [-0.2, 0) is 0 Å². The van der Waals surface area contributed by atoms with Gasteiger partial charge in [0.15, 0.2) is 0 Å². The van der Waals surface area contributed by atoms with E-state index in [9.17, 15) is 4.79 Å². The van der Waals surface area contributed by atoms with Crippen molar-refractivity contribution < 1.29 is 4.79 Å². The Bertz CT molecular complexity index is 1570. The van der Waals surface area contributed by atoms with Gasteiger partial charge >= 0.3 is 248 Å². The Balaban J connectivity index is 1.77. The number of carbonyl (C=O) groups excluding carboxylic acids is 1. The van der Waals surface area contributed by atoms with Gasteiger partial charge in [-0.2, -0.15) is 0 Å². The Morgan fingerprint density at radius 1 is 0.390 bits per heavy atom. The van der Waals surface area contributed by atoms with Gasteiger partial charge in [0.2, 0.25) is 0 Å². The molecule has 0 aliphatic rings. The van der Waals surface area contributed by atoms with E-state index in [4.69, 9.17) is 0 Å². The molecule has 0 aliphatic carbocycles. The van der Waals surface area contributed by atoms with Gasteiger partial charge in [-0.05, 0) is 0 Å². The van der Waals surface area contributed by atoms with E-state index in [0.717, 1.165) is 11.1 Å². The molecule has 0 spiro atoms. The van der Waals surface area contributed by atoms with Crippen molar-refractivity contribution in [1.82, 2.24) is 0 Å². The van der Waals surface area contributed by atoms with Crippen LogP contribution in [-0.4, -0.2) is 24.2 Å². The molecule has 2 heteroatoms. The van der Waals surface area contributed by atoms with Crippen LogP contribution >= 0.6 is 0 Å². The van der Waals surface area contributed by atoms with Crippen molar-refractivity contribution in [2.24, 2.45) is 0 Å². The number of ketones is 1. The minimum absolute atomic E-state index is 0.0622. The second-order valence-electron chi connectivity index (χ2n) is 10.4. The van der Waals surface area contributed by atoms with E-state index < -0.39 is 18.4 Å². The number of rotatable bonds is 9. The third-order valence-corrected chi connectivity index (χ3v) is 23.4. The van der Waals surface area contributed by atoms with E-state index in [1.807, 2.05) is 36.4 Å². The second-order valence-corrected chi connectivity index (χ2v) is 21.7. The first kappa shape index (κ1) is 27.0. The first-order chi connectivity index (χ1) is 20.3. The van der Waals surface area contributed by atoms with Crippen LogP contribution in [0.5, 0.6) is 0 Å². The Morgan fingerprint density at radius 3 is 1.10 bits per heavy atom. The summed E-state index contributed by atoms with van der Waals surface area (Å²) >= 11 is -4.12. The fourth-order valence-corrected chi connectivity index (χ4v) is 22.9. The average molecular weight is 635 g/mol. The molecule has 2 atom stereocenters. The monoisotopic (exact) mass is 636 g/mol. The zero-order valence-electron chi connectivity index (χ0n) is 22.9. The van der Waals surface area contributed by atoms with Crippen LogP contribution in [0.3, 0.4) is 0 Å². The molecule has 6 aromatic carbocycles. The number of carbonyl (C=O) groups is 1. The topological polar surface area (TPSA) is 17.1 Å². The SMILES string of the molecule is O=C(c1ccccc1)[C@@H](c1ccccc1)[C@H](c1ccccc1)[Sn]([c]1ccccc1)([c]1ccccc1)[c]1ccccc1. The Hall–Kier alpha value is -4.21. The van der Waals surface area contributed by atoms with Crippen molar-refractivity contribution in [3.05, 3.63) is 199 Å². The molecule has 41 heavy (non-hydrogen) atoms. The summed E-state index contributed by atoms with van der Waals surface area (Å²) < 4.78 is 4.01. The van der Waals surface area contributed by atoms with Crippen molar-refractivity contribution in [3.8, 4) is 0 Å². The molecule has 0 aromatic heterocycles. The molecule has 6 rings (SSSR count). The van der Waals surface area contributed by atoms with Gasteiger partial charge in [-0.25, -0.2) is 0 Å². The summed E-state index contributed by atoms with van der Waals surface area (Å²) in [5.74, 6) is -0.216. The van der Waals surface area contributed by atoms with Crippen LogP contribution in [0.15, 0.2) is 182 Å². The van der Waals surface area contributed by atoms with Crippen LogP contribution in [0, 0.1) is 0 Å². The standard InChI is InChI=1S/C21H17O.3C6H5.Sn/c22-21(19-14-8-3-9-15-19)20(18-12-6-2-7-13-18)16-17-10-4-1-5-11-17;3*1-2-4-6-5-3-1;/h1-16,20H;3*1-5H;/t20-;;;;/m1..../s1. The summed E-state index contributed by atoms with van der Waals surface area (Å²) in [6.45, 7) is 0. The van der Waals surface area contributed by atoms with Gasteiger partial charge in [-0.15, -0.1) is 0 Å². The molecular weight excluding hydrogens is 603 g/mol. The van der Waals surface area contributed by atoms with Crippen molar-refractivity contribution in [2.75, 3.05) is 0 Å². The zero-order chi connectivity index (χ0) is 27.9. The molecule has 198 valence electrons. The predicted molar refractivity (Wildman–Crippen MR) is 173 cm³/mol. The quantitative estimate of drug-likeness (QED) is 0.122. The molecule has 0 bridgehead atoms. The van der Waals surface area contributed by atoms with E-state index >= 15 is 0 Å². The van der Waals surface area contributed by atoms with Crippen LogP contribution in [0.25, 0.3) is 0 Å². The van der Waals surface area contributed by atoms with Crippen LogP contribution in [0.2, 0.25) is 0 Å². The van der Waals surface area contributed by atoms with Gasteiger partial charge in [-0.3, -0.25) is 0 Å². The van der Waals surface area contributed by atoms with Gasteiger partial charge in [0, 0.05) is 0 Å². The van der Waals surface area contributed by atoms with Gasteiger partial charge in [0.05, 0.1) is 0 Å². The summed E-state index contributed by atoms with van der Waals surface area (Å²) in [5, 5.41) is 0. The summed E-state index contributed by atoms with van der Waals surface area (Å²) in [4.78, 5) is 14.9. The summed E-state index contributed by atoms with van der Waals surface area (Å²) in [6, 6.07) is 64.1. The van der Waals surface area contributed by atoms with Gasteiger partial charge < -0.3 is 0 Å². The summed E-state index contributed by atoms with van der Waals surface area (Å²) in [6.07, 6.45) is 0. The summed E-state index contributed by atoms with van der Waals surface area (Å²) in [5.41, 5.74) is 3.01. The van der Waals surface area contributed by atoms with Crippen molar-refractivity contribution in [2.45, 2.75) is 9.85 Å². The Labute approximate surface area is 247 Å². The predicted octanol–water partition coefficient (Wildman–Crippen LogP) is 7.15. The van der Waals surface area contributed by atoms with E-state index in [-0.39, 0.29) is 15.6 Å². The van der Waals surface area contributed by atoms with E-state index in [2.05, 4.69) is 146 Å². The molecule has 0 saturated heterocycles. The van der Waals surface area contributed by atoms with Gasteiger partial charge in [0.1, 0.15) is 0 Å². The fourth-order valence-electron chi connectivity index (χ4n) is 6.43. The number of hydrogen-bond donors (Lipinski definition) is 0. The minimum atomic E-state index is -4.12. The molecule has 0 amide bonds. The van der Waals surface area contributed by atoms with Gasteiger partial charge in [0.25, 0.3) is 0 Å². The normalized spacial score (nSPS) is 12.8. The van der Waals surface area contributed by atoms with Crippen molar-refractivity contribution >= 4 is 34.9 Å². The first-order valence-corrected chi connectivity index (χ1v) is 20.1. The van der Waals surface area contributed by atoms with Crippen molar-refractivity contribution in [3.63, 3.8) is 0 Å². The van der Waals surface area contributed by atoms with Crippen LogP contribution < -0.4 is 10.7 Å². The van der Waals surface area contributed by atoms with Gasteiger partial charge in [-0.1, -0.05) is 0 Å². The zero-order valence-corrected chi connectivity index (χ0v) is 25.7. The van der Waals surface area contributed by atoms with Crippen molar-refractivity contribution in [1.29, 1.82) is 0 Å². The summed E-state index contributed by atoms with van der Waals surface area (Å²) in [7, 11) is 0. The Morgan fingerprint density at radius 2 is 0.707 bits per heavy atom. The molecule has 6 aromatic rings. The fraction of sp³-hybridized carbons (Fsp3) is 0.0513. The van der Waals surface area contributed by atoms with E-state index in [1.54, 1.807) is 0 Å². The van der Waals surface area contributed by atoms with E-state index in [0.29, 0.717) is 0 Å². The molecular formula is C39H32OSn. The molecule has 1 nitrogen and oxygen atoms in total. The number of Topliss-reactive ketones (excluding diaryl/α,β-unsaturated/α-hetero) is 1. The third-order valence-electron chi connectivity index (χ3n) is 8.15. The molecule has 0 heterocycles. The molecule has 0 radical (unpaired) electrons. The third kappa shape index (κ3) is 5.30. The number of hydrogen-bond acceptors (Lipinski definition) is 1. The number of benzene rings is 6. The van der Waals surface area contributed by atoms with Crippen LogP contribution in [0.4, 0.5) is 0 Å².